The number of rotatable bonds is 13. The van der Waals surface area contributed by atoms with Crippen molar-refractivity contribution in [2.24, 2.45) is 5.10 Å². The number of hydrazone groups is 1. The molecule has 0 spiro atoms. The molecule has 0 aliphatic carbocycles. The zero-order valence-corrected chi connectivity index (χ0v) is 21.6. The number of phenols is 1. The Kier molecular flexibility index (Phi) is 11.0. The van der Waals surface area contributed by atoms with Crippen molar-refractivity contribution in [1.29, 1.82) is 0 Å². The van der Waals surface area contributed by atoms with Gasteiger partial charge in [0.2, 0.25) is 0 Å². The molecule has 0 radical (unpaired) electrons. The lowest BCUT2D eigenvalue weighted by molar-refractivity contribution is -0.121. The third-order valence-electron chi connectivity index (χ3n) is 5.91. The molecule has 0 heterocycles. The number of carbonyl (C=O) groups excluding carboxylic acids is 1. The molecule has 186 valence electrons. The van der Waals surface area contributed by atoms with Crippen LogP contribution < -0.4 is 10.3 Å². The lowest BCUT2D eigenvalue weighted by Crippen LogP contribution is -2.37. The average molecular weight is 468 g/mol. The van der Waals surface area contributed by atoms with E-state index in [0.29, 0.717) is 11.5 Å². The Balaban J connectivity index is 1.74. The molecule has 2 N–H and O–H groups in total. The highest BCUT2D eigenvalue weighted by atomic mass is 16.3. The monoisotopic (exact) mass is 467 g/mol. The average Bonchev–Trinajstić information content (AvgIpc) is 2.80. The van der Waals surface area contributed by atoms with Crippen LogP contribution in [0, 0.1) is 0 Å². The Bertz CT molecular complexity index is 923. The fourth-order valence-corrected chi connectivity index (χ4v) is 3.70. The van der Waals surface area contributed by atoms with Crippen molar-refractivity contribution >= 4 is 17.8 Å². The van der Waals surface area contributed by atoms with E-state index in [1.807, 2.05) is 18.0 Å². The van der Waals surface area contributed by atoms with Crippen LogP contribution in [0.15, 0.2) is 47.6 Å². The number of likely N-dealkylation sites (N-methyl/N-ethyl adjacent to an activating group) is 2. The molecule has 0 fully saturated rings. The Morgan fingerprint density at radius 1 is 1.03 bits per heavy atom. The predicted molar refractivity (Wildman–Crippen MR) is 142 cm³/mol. The van der Waals surface area contributed by atoms with Crippen LogP contribution in [0.2, 0.25) is 0 Å². The van der Waals surface area contributed by atoms with Gasteiger partial charge in [-0.1, -0.05) is 38.1 Å². The molecule has 0 aliphatic heterocycles. The summed E-state index contributed by atoms with van der Waals surface area (Å²) >= 11 is 0. The fraction of sp³-hybridized carbons (Fsp3) is 0.481. The van der Waals surface area contributed by atoms with Crippen molar-refractivity contribution in [2.75, 3.05) is 51.7 Å². The zero-order chi connectivity index (χ0) is 25.1. The Morgan fingerprint density at radius 2 is 1.68 bits per heavy atom. The van der Waals surface area contributed by atoms with Gasteiger partial charge in [-0.3, -0.25) is 9.69 Å². The molecule has 0 unspecified atom stereocenters. The van der Waals surface area contributed by atoms with Crippen molar-refractivity contribution in [3.05, 3.63) is 59.2 Å². The number of amides is 1. The van der Waals surface area contributed by atoms with E-state index < -0.39 is 0 Å². The van der Waals surface area contributed by atoms with Crippen LogP contribution in [-0.4, -0.2) is 73.8 Å². The first kappa shape index (κ1) is 27.3. The Hall–Kier alpha value is -2.90. The molecule has 0 atom stereocenters. The summed E-state index contributed by atoms with van der Waals surface area (Å²) in [5.41, 5.74) is 6.71. The second-order valence-electron chi connectivity index (χ2n) is 9.08. The maximum Gasteiger partial charge on any atom is 0.254 e. The van der Waals surface area contributed by atoms with Gasteiger partial charge < -0.3 is 14.9 Å². The molecule has 0 saturated heterocycles. The van der Waals surface area contributed by atoms with Gasteiger partial charge in [-0.2, -0.15) is 5.10 Å². The molecule has 0 saturated carbocycles. The van der Waals surface area contributed by atoms with E-state index in [0.717, 1.165) is 38.4 Å². The highest BCUT2D eigenvalue weighted by molar-refractivity contribution is 5.86. The van der Waals surface area contributed by atoms with Gasteiger partial charge in [0.05, 0.1) is 12.8 Å². The molecule has 0 aromatic heterocycles. The first-order valence-electron chi connectivity index (χ1n) is 12.1. The largest absolute Gasteiger partial charge is 0.507 e. The third kappa shape index (κ3) is 8.80. The highest BCUT2D eigenvalue weighted by Crippen LogP contribution is 2.23. The summed E-state index contributed by atoms with van der Waals surface area (Å²) in [5.74, 6) is 0.492. The molecule has 2 aromatic rings. The summed E-state index contributed by atoms with van der Waals surface area (Å²) in [6.45, 7) is 13.0. The summed E-state index contributed by atoms with van der Waals surface area (Å²) in [5, 5.41) is 14.3. The van der Waals surface area contributed by atoms with Gasteiger partial charge in [0.25, 0.3) is 5.91 Å². The summed E-state index contributed by atoms with van der Waals surface area (Å²) in [4.78, 5) is 18.6. The minimum absolute atomic E-state index is 0.140. The van der Waals surface area contributed by atoms with Crippen LogP contribution in [0.5, 0.6) is 5.75 Å². The SMILES string of the molecule is CCN(CC)c1ccc(/C=N/NC(=O)CN(C)CCN(C)Cc2ccc(C(C)C)cc2)c(O)c1. The topological polar surface area (TPSA) is 71.4 Å². The van der Waals surface area contributed by atoms with Crippen LogP contribution >= 0.6 is 0 Å². The lowest BCUT2D eigenvalue weighted by atomic mass is 10.0. The molecule has 34 heavy (non-hydrogen) atoms. The smallest absolute Gasteiger partial charge is 0.254 e. The van der Waals surface area contributed by atoms with Crippen LogP contribution in [-0.2, 0) is 11.3 Å². The summed E-state index contributed by atoms with van der Waals surface area (Å²) in [7, 11) is 4.01. The molecule has 2 rings (SSSR count). The lowest BCUT2D eigenvalue weighted by Gasteiger charge is -2.21. The normalized spacial score (nSPS) is 11.7. The summed E-state index contributed by atoms with van der Waals surface area (Å²) < 4.78 is 0. The summed E-state index contributed by atoms with van der Waals surface area (Å²) in [6.07, 6.45) is 1.47. The molecule has 1 amide bonds. The van der Waals surface area contributed by atoms with Gasteiger partial charge in [-0.25, -0.2) is 5.43 Å². The number of hydrogen-bond acceptors (Lipinski definition) is 6. The van der Waals surface area contributed by atoms with Crippen molar-refractivity contribution in [1.82, 2.24) is 15.2 Å². The van der Waals surface area contributed by atoms with Gasteiger partial charge in [0, 0.05) is 50.0 Å². The molecule has 0 bridgehead atoms. The quantitative estimate of drug-likeness (QED) is 0.346. The minimum atomic E-state index is -0.190. The van der Waals surface area contributed by atoms with Crippen LogP contribution in [0.25, 0.3) is 0 Å². The number of anilines is 1. The number of hydrogen-bond donors (Lipinski definition) is 2. The maximum atomic E-state index is 12.2. The van der Waals surface area contributed by atoms with Crippen LogP contribution in [0.1, 0.15) is 50.3 Å². The molecule has 7 heteroatoms. The van der Waals surface area contributed by atoms with Gasteiger partial charge in [0.15, 0.2) is 0 Å². The van der Waals surface area contributed by atoms with Crippen LogP contribution in [0.3, 0.4) is 0 Å². The van der Waals surface area contributed by atoms with E-state index in [-0.39, 0.29) is 18.2 Å². The van der Waals surface area contributed by atoms with E-state index in [4.69, 9.17) is 0 Å². The Labute approximate surface area is 205 Å². The van der Waals surface area contributed by atoms with Crippen molar-refractivity contribution in [2.45, 2.75) is 40.2 Å². The number of carbonyl (C=O) groups is 1. The maximum absolute atomic E-state index is 12.2. The van der Waals surface area contributed by atoms with E-state index in [1.54, 1.807) is 12.1 Å². The van der Waals surface area contributed by atoms with E-state index in [9.17, 15) is 9.90 Å². The van der Waals surface area contributed by atoms with E-state index in [2.05, 4.69) is 79.3 Å². The van der Waals surface area contributed by atoms with E-state index >= 15 is 0 Å². The van der Waals surface area contributed by atoms with Crippen molar-refractivity contribution < 1.29 is 9.90 Å². The number of aromatic hydroxyl groups is 1. The van der Waals surface area contributed by atoms with Gasteiger partial charge in [-0.15, -0.1) is 0 Å². The van der Waals surface area contributed by atoms with Gasteiger partial charge in [0.1, 0.15) is 5.75 Å². The standard InChI is InChI=1S/C27H41N5O2/c1-7-32(8-2)25-14-13-24(26(33)17-25)18-28-29-27(34)20-31(6)16-15-30(5)19-22-9-11-23(12-10-22)21(3)4/h9-14,17-18,21,33H,7-8,15-16,19-20H2,1-6H3,(H,29,34)/b28-18+. The Morgan fingerprint density at radius 3 is 2.26 bits per heavy atom. The van der Waals surface area contributed by atoms with Gasteiger partial charge in [-0.05, 0) is 57.1 Å². The zero-order valence-electron chi connectivity index (χ0n) is 21.6. The number of phenolic OH excluding ortho intramolecular Hbond substituents is 1. The first-order chi connectivity index (χ1) is 16.2. The minimum Gasteiger partial charge on any atom is -0.507 e. The number of nitrogens with zero attached hydrogens (tertiary/aromatic N) is 4. The third-order valence-corrected chi connectivity index (χ3v) is 5.91. The highest BCUT2D eigenvalue weighted by Gasteiger charge is 2.09. The van der Waals surface area contributed by atoms with E-state index in [1.165, 1.54) is 17.3 Å². The molecule has 0 aliphatic rings. The molecule has 2 aromatic carbocycles. The van der Waals surface area contributed by atoms with Crippen molar-refractivity contribution in [3.63, 3.8) is 0 Å². The first-order valence-corrected chi connectivity index (χ1v) is 12.1. The molecular weight excluding hydrogens is 426 g/mol. The van der Waals surface area contributed by atoms with Gasteiger partial charge >= 0.3 is 0 Å². The predicted octanol–water partition coefficient (Wildman–Crippen LogP) is 3.88. The number of benzene rings is 2. The van der Waals surface area contributed by atoms with Crippen LogP contribution in [0.4, 0.5) is 5.69 Å². The second kappa shape index (κ2) is 13.7. The second-order valence-corrected chi connectivity index (χ2v) is 9.08. The number of nitrogens with one attached hydrogen (secondary N) is 1. The summed E-state index contributed by atoms with van der Waals surface area (Å²) in [6, 6.07) is 14.2. The van der Waals surface area contributed by atoms with Crippen molar-refractivity contribution in [3.8, 4) is 5.75 Å². The molecule has 7 nitrogen and oxygen atoms in total. The molecular formula is C27H41N5O2. The fourth-order valence-electron chi connectivity index (χ4n) is 3.70.